The second-order valence-corrected chi connectivity index (χ2v) is 7.51. The number of benzene rings is 1. The third-order valence-corrected chi connectivity index (χ3v) is 5.01. The summed E-state index contributed by atoms with van der Waals surface area (Å²) >= 11 is 0. The Kier molecular flexibility index (Phi) is 6.89. The molecule has 4 nitrogen and oxygen atoms in total. The molecule has 0 spiro atoms. The van der Waals surface area contributed by atoms with E-state index in [4.69, 9.17) is 18.8 Å². The van der Waals surface area contributed by atoms with Crippen LogP contribution in [0.1, 0.15) is 53.0 Å². The highest BCUT2D eigenvalue weighted by Gasteiger charge is 2.53. The zero-order valence-corrected chi connectivity index (χ0v) is 16.7. The van der Waals surface area contributed by atoms with E-state index in [1.165, 1.54) is 0 Å². The molecule has 0 bridgehead atoms. The summed E-state index contributed by atoms with van der Waals surface area (Å²) < 4.78 is 38.0. The Balaban J connectivity index is 2.33. The number of halogens is 1. The van der Waals surface area contributed by atoms with Crippen LogP contribution in [0.2, 0.25) is 0 Å². The Morgan fingerprint density at radius 2 is 1.77 bits per heavy atom. The van der Waals surface area contributed by atoms with Gasteiger partial charge in [-0.25, -0.2) is 4.39 Å². The number of ether oxygens (including phenoxy) is 2. The van der Waals surface area contributed by atoms with Gasteiger partial charge in [0.1, 0.15) is 11.5 Å². The van der Waals surface area contributed by atoms with E-state index in [-0.39, 0.29) is 0 Å². The Labute approximate surface area is 156 Å². The molecule has 0 unspecified atom stereocenters. The summed E-state index contributed by atoms with van der Waals surface area (Å²) in [5, 5.41) is 0. The van der Waals surface area contributed by atoms with E-state index in [0.717, 1.165) is 12.0 Å². The lowest BCUT2D eigenvalue weighted by Gasteiger charge is -2.32. The van der Waals surface area contributed by atoms with Crippen molar-refractivity contribution in [3.63, 3.8) is 0 Å². The molecule has 0 aromatic heterocycles. The average molecular weight is 364 g/mol. The van der Waals surface area contributed by atoms with Gasteiger partial charge in [-0.3, -0.25) is 0 Å². The van der Waals surface area contributed by atoms with Crippen LogP contribution in [-0.2, 0) is 14.0 Å². The first-order chi connectivity index (χ1) is 12.2. The van der Waals surface area contributed by atoms with Crippen molar-refractivity contribution < 1.29 is 23.2 Å². The van der Waals surface area contributed by atoms with Gasteiger partial charge in [-0.05, 0) is 63.8 Å². The maximum Gasteiger partial charge on any atom is 0.525 e. The first-order valence-electron chi connectivity index (χ1n) is 9.18. The van der Waals surface area contributed by atoms with Gasteiger partial charge in [-0.2, -0.15) is 0 Å². The quantitative estimate of drug-likeness (QED) is 0.489. The average Bonchev–Trinajstić information content (AvgIpc) is 2.82. The van der Waals surface area contributed by atoms with E-state index < -0.39 is 24.0 Å². The highest BCUT2D eigenvalue weighted by Crippen LogP contribution is 2.40. The lowest BCUT2D eigenvalue weighted by atomic mass is 9.82. The SMILES string of the molecule is CCCOCCC(=C(F)B1OC(C)(C)C(C)(C)O1)c1cccc(OC)c1. The van der Waals surface area contributed by atoms with Gasteiger partial charge < -0.3 is 18.8 Å². The predicted octanol–water partition coefficient (Wildman–Crippen LogP) is 4.82. The first-order valence-corrected chi connectivity index (χ1v) is 9.18. The maximum absolute atomic E-state index is 15.4. The van der Waals surface area contributed by atoms with E-state index >= 15 is 4.39 Å². The van der Waals surface area contributed by atoms with Gasteiger partial charge in [0.25, 0.3) is 0 Å². The van der Waals surface area contributed by atoms with Gasteiger partial charge >= 0.3 is 7.12 Å². The van der Waals surface area contributed by atoms with Crippen molar-refractivity contribution in [3.8, 4) is 5.75 Å². The molecule has 1 fully saturated rings. The van der Waals surface area contributed by atoms with Crippen LogP contribution in [0.4, 0.5) is 4.39 Å². The fourth-order valence-electron chi connectivity index (χ4n) is 2.72. The van der Waals surface area contributed by atoms with E-state index in [0.29, 0.717) is 31.0 Å². The monoisotopic (exact) mass is 364 g/mol. The molecule has 1 aromatic rings. The van der Waals surface area contributed by atoms with E-state index in [2.05, 4.69) is 0 Å². The van der Waals surface area contributed by atoms with Crippen molar-refractivity contribution in [2.75, 3.05) is 20.3 Å². The standard InChI is InChI=1S/C20H30BFO4/c1-7-12-24-13-11-17(15-9-8-10-16(14-15)23-6)18(22)21-25-19(2,3)20(4,5)26-21/h8-10,14H,7,11-13H2,1-6H3. The third kappa shape index (κ3) is 4.67. The van der Waals surface area contributed by atoms with Crippen LogP contribution < -0.4 is 4.74 Å². The van der Waals surface area contributed by atoms with Crippen molar-refractivity contribution in [3.05, 3.63) is 35.6 Å². The van der Waals surface area contributed by atoms with Crippen molar-refractivity contribution in [2.45, 2.75) is 58.7 Å². The minimum absolute atomic E-state index is 0.406. The topological polar surface area (TPSA) is 36.9 Å². The van der Waals surface area contributed by atoms with Crippen LogP contribution in [0.15, 0.2) is 30.0 Å². The van der Waals surface area contributed by atoms with Crippen LogP contribution in [0.5, 0.6) is 5.75 Å². The first kappa shape index (κ1) is 20.9. The van der Waals surface area contributed by atoms with Crippen molar-refractivity contribution in [2.24, 2.45) is 0 Å². The Morgan fingerprint density at radius 1 is 1.12 bits per heavy atom. The molecule has 6 heteroatoms. The van der Waals surface area contributed by atoms with Crippen LogP contribution in [-0.4, -0.2) is 38.6 Å². The molecular weight excluding hydrogens is 334 g/mol. The van der Waals surface area contributed by atoms with Gasteiger partial charge in [0, 0.05) is 6.61 Å². The van der Waals surface area contributed by atoms with Gasteiger partial charge in [0.2, 0.25) is 0 Å². The maximum atomic E-state index is 15.4. The number of methoxy groups -OCH3 is 1. The molecule has 2 rings (SSSR count). The predicted molar refractivity (Wildman–Crippen MR) is 103 cm³/mol. The molecule has 0 amide bonds. The van der Waals surface area contributed by atoms with Gasteiger partial charge in [-0.1, -0.05) is 19.1 Å². The third-order valence-electron chi connectivity index (χ3n) is 5.01. The molecule has 1 saturated heterocycles. The zero-order chi connectivity index (χ0) is 19.4. The minimum Gasteiger partial charge on any atom is -0.497 e. The fraction of sp³-hybridized carbons (Fsp3) is 0.600. The Morgan fingerprint density at radius 3 is 2.35 bits per heavy atom. The molecule has 1 aliphatic heterocycles. The number of hydrogen-bond acceptors (Lipinski definition) is 4. The molecular formula is C20H30BFO4. The molecule has 26 heavy (non-hydrogen) atoms. The normalized spacial score (nSPS) is 19.4. The summed E-state index contributed by atoms with van der Waals surface area (Å²) in [6, 6.07) is 7.36. The Hall–Kier alpha value is -1.37. The summed E-state index contributed by atoms with van der Waals surface area (Å²) in [7, 11) is 0.574. The minimum atomic E-state index is -1.02. The number of hydrogen-bond donors (Lipinski definition) is 0. The molecule has 1 aromatic carbocycles. The molecule has 0 saturated carbocycles. The van der Waals surface area contributed by atoms with Crippen molar-refractivity contribution in [1.82, 2.24) is 0 Å². The molecule has 0 N–H and O–H groups in total. The van der Waals surface area contributed by atoms with E-state index in [1.54, 1.807) is 7.11 Å². The highest BCUT2D eigenvalue weighted by atomic mass is 19.1. The fourth-order valence-corrected chi connectivity index (χ4v) is 2.72. The second kappa shape index (κ2) is 8.55. The largest absolute Gasteiger partial charge is 0.525 e. The lowest BCUT2D eigenvalue weighted by molar-refractivity contribution is 0.00578. The van der Waals surface area contributed by atoms with Crippen LogP contribution >= 0.6 is 0 Å². The summed E-state index contributed by atoms with van der Waals surface area (Å²) in [5.74, 6) is 0.677. The molecule has 1 aliphatic rings. The van der Waals surface area contributed by atoms with E-state index in [9.17, 15) is 0 Å². The molecule has 0 radical (unpaired) electrons. The summed E-state index contributed by atoms with van der Waals surface area (Å²) in [4.78, 5) is 0. The second-order valence-electron chi connectivity index (χ2n) is 7.51. The van der Waals surface area contributed by atoms with E-state index in [1.807, 2.05) is 58.9 Å². The zero-order valence-electron chi connectivity index (χ0n) is 16.7. The number of rotatable bonds is 8. The van der Waals surface area contributed by atoms with Gasteiger partial charge in [-0.15, -0.1) is 0 Å². The molecule has 1 heterocycles. The summed E-state index contributed by atoms with van der Waals surface area (Å²) in [6.07, 6.45) is 1.36. The van der Waals surface area contributed by atoms with Gasteiger partial charge in [0.05, 0.1) is 24.9 Å². The van der Waals surface area contributed by atoms with Crippen LogP contribution in [0, 0.1) is 0 Å². The molecule has 144 valence electrons. The summed E-state index contributed by atoms with van der Waals surface area (Å²) in [5.41, 5.74) is -0.312. The summed E-state index contributed by atoms with van der Waals surface area (Å²) in [6.45, 7) is 10.8. The van der Waals surface area contributed by atoms with Crippen molar-refractivity contribution >= 4 is 12.7 Å². The smallest absolute Gasteiger partial charge is 0.497 e. The van der Waals surface area contributed by atoms with Crippen LogP contribution in [0.25, 0.3) is 5.57 Å². The van der Waals surface area contributed by atoms with Gasteiger partial charge in [0.15, 0.2) is 0 Å². The lowest BCUT2D eigenvalue weighted by Crippen LogP contribution is -2.41. The highest BCUT2D eigenvalue weighted by molar-refractivity contribution is 6.55. The Bertz CT molecular complexity index is 626. The van der Waals surface area contributed by atoms with Crippen LogP contribution in [0.3, 0.4) is 0 Å². The molecule has 0 aliphatic carbocycles. The molecule has 0 atom stereocenters. The van der Waals surface area contributed by atoms with Crippen molar-refractivity contribution in [1.29, 1.82) is 0 Å².